The predicted octanol–water partition coefficient (Wildman–Crippen LogP) is 1.80. The second kappa shape index (κ2) is 7.59. The largest absolute Gasteiger partial charge is 0.481 e. The summed E-state index contributed by atoms with van der Waals surface area (Å²) in [5.41, 5.74) is 0.869. The molecule has 0 radical (unpaired) electrons. The number of hydrogen-bond donors (Lipinski definition) is 3. The normalized spacial score (nSPS) is 10.9. The zero-order valence-electron chi connectivity index (χ0n) is 13.1. The smallest absolute Gasteiger partial charge is 0.303 e. The lowest BCUT2D eigenvalue weighted by molar-refractivity contribution is -0.137. The number of aryl methyl sites for hydroxylation is 1. The van der Waals surface area contributed by atoms with Gasteiger partial charge in [-0.05, 0) is 24.1 Å². The van der Waals surface area contributed by atoms with Gasteiger partial charge in [0.1, 0.15) is 0 Å². The lowest BCUT2D eigenvalue weighted by Crippen LogP contribution is -2.39. The van der Waals surface area contributed by atoms with Crippen LogP contribution in [0.1, 0.15) is 32.8 Å². The quantitative estimate of drug-likeness (QED) is 0.747. The average molecular weight is 306 g/mol. The Labute approximate surface area is 129 Å². The van der Waals surface area contributed by atoms with Crippen molar-refractivity contribution in [3.8, 4) is 0 Å². The van der Waals surface area contributed by atoms with Gasteiger partial charge in [0, 0.05) is 17.5 Å². The molecule has 0 saturated carbocycles. The van der Waals surface area contributed by atoms with E-state index in [-0.39, 0.29) is 24.8 Å². The fourth-order valence-corrected chi connectivity index (χ4v) is 1.69. The molecule has 3 N–H and O–H groups in total. The molecule has 6 nitrogen and oxygen atoms in total. The molecule has 0 spiro atoms. The number of carbonyl (C=O) groups excluding carboxylic acids is 2. The maximum atomic E-state index is 11.8. The van der Waals surface area contributed by atoms with Crippen molar-refractivity contribution in [1.82, 2.24) is 5.32 Å². The summed E-state index contributed by atoms with van der Waals surface area (Å²) in [5.74, 6) is -1.38. The fourth-order valence-electron chi connectivity index (χ4n) is 1.69. The number of benzene rings is 1. The van der Waals surface area contributed by atoms with Gasteiger partial charge in [-0.15, -0.1) is 0 Å². The molecule has 0 aliphatic heterocycles. The molecule has 22 heavy (non-hydrogen) atoms. The zero-order valence-corrected chi connectivity index (χ0v) is 13.1. The van der Waals surface area contributed by atoms with Crippen LogP contribution >= 0.6 is 0 Å². The van der Waals surface area contributed by atoms with Crippen molar-refractivity contribution in [2.45, 2.75) is 33.6 Å². The number of amides is 2. The third kappa shape index (κ3) is 6.39. The molecule has 6 heteroatoms. The molecule has 2 amide bonds. The van der Waals surface area contributed by atoms with Crippen LogP contribution in [0, 0.1) is 5.41 Å². The molecule has 1 aromatic rings. The molecular formula is C16H22N2O4. The minimum absolute atomic E-state index is 0.0407. The van der Waals surface area contributed by atoms with Gasteiger partial charge in [-0.2, -0.15) is 0 Å². The molecule has 0 saturated heterocycles. The van der Waals surface area contributed by atoms with Gasteiger partial charge < -0.3 is 15.7 Å². The molecule has 0 aliphatic rings. The molecule has 0 fully saturated rings. The van der Waals surface area contributed by atoms with Crippen molar-refractivity contribution < 1.29 is 19.5 Å². The van der Waals surface area contributed by atoms with E-state index in [1.165, 1.54) is 0 Å². The molecule has 0 heterocycles. The van der Waals surface area contributed by atoms with Gasteiger partial charge in [0.15, 0.2) is 0 Å². The van der Waals surface area contributed by atoms with Crippen LogP contribution in [-0.4, -0.2) is 29.4 Å². The molecule has 0 atom stereocenters. The van der Waals surface area contributed by atoms with Gasteiger partial charge in [-0.3, -0.25) is 14.4 Å². The van der Waals surface area contributed by atoms with Crippen molar-refractivity contribution in [2.75, 3.05) is 11.9 Å². The van der Waals surface area contributed by atoms with Crippen molar-refractivity contribution >= 4 is 23.5 Å². The van der Waals surface area contributed by atoms with E-state index in [4.69, 9.17) is 5.11 Å². The first kappa shape index (κ1) is 17.7. The molecule has 1 aromatic carbocycles. The van der Waals surface area contributed by atoms with Crippen molar-refractivity contribution in [2.24, 2.45) is 5.41 Å². The van der Waals surface area contributed by atoms with Crippen LogP contribution in [0.5, 0.6) is 0 Å². The average Bonchev–Trinajstić information content (AvgIpc) is 2.42. The molecule has 120 valence electrons. The Morgan fingerprint density at radius 2 is 1.86 bits per heavy atom. The summed E-state index contributed by atoms with van der Waals surface area (Å²) in [6.45, 7) is 5.21. The van der Waals surface area contributed by atoms with E-state index in [1.54, 1.807) is 45.0 Å². The number of hydrogen-bond acceptors (Lipinski definition) is 3. The van der Waals surface area contributed by atoms with Crippen LogP contribution in [0.15, 0.2) is 24.3 Å². The zero-order chi connectivity index (χ0) is 16.8. The maximum Gasteiger partial charge on any atom is 0.303 e. The molecule has 0 aromatic heterocycles. The Balaban J connectivity index is 2.52. The van der Waals surface area contributed by atoms with Crippen molar-refractivity contribution in [3.63, 3.8) is 0 Å². The number of rotatable bonds is 6. The number of carboxylic acids is 1. The predicted molar refractivity (Wildman–Crippen MR) is 83.5 cm³/mol. The van der Waals surface area contributed by atoms with Gasteiger partial charge in [-0.1, -0.05) is 32.9 Å². The van der Waals surface area contributed by atoms with Crippen LogP contribution in [0.2, 0.25) is 0 Å². The van der Waals surface area contributed by atoms with Gasteiger partial charge in [0.25, 0.3) is 0 Å². The maximum absolute atomic E-state index is 11.8. The summed E-state index contributed by atoms with van der Waals surface area (Å²) in [6.07, 6.45) is 0.443. The summed E-state index contributed by atoms with van der Waals surface area (Å²) in [5, 5.41) is 13.9. The Hall–Kier alpha value is -2.37. The first-order chi connectivity index (χ1) is 10.2. The molecule has 0 unspecified atom stereocenters. The van der Waals surface area contributed by atoms with E-state index in [2.05, 4.69) is 10.6 Å². The third-order valence-electron chi connectivity index (χ3n) is 2.93. The summed E-state index contributed by atoms with van der Waals surface area (Å²) in [6, 6.07) is 7.00. The van der Waals surface area contributed by atoms with Gasteiger partial charge >= 0.3 is 5.97 Å². The summed E-state index contributed by atoms with van der Waals surface area (Å²) < 4.78 is 0. The van der Waals surface area contributed by atoms with Gasteiger partial charge in [0.2, 0.25) is 11.8 Å². The highest BCUT2D eigenvalue weighted by Crippen LogP contribution is 2.13. The van der Waals surface area contributed by atoms with E-state index in [0.29, 0.717) is 12.1 Å². The Kier molecular flexibility index (Phi) is 6.10. The van der Waals surface area contributed by atoms with Crippen molar-refractivity contribution in [1.29, 1.82) is 0 Å². The lowest BCUT2D eigenvalue weighted by Gasteiger charge is -2.17. The Morgan fingerprint density at radius 3 is 2.45 bits per heavy atom. The van der Waals surface area contributed by atoms with Crippen LogP contribution in [0.3, 0.4) is 0 Å². The number of carbonyl (C=O) groups is 3. The highest BCUT2D eigenvalue weighted by molar-refractivity contribution is 5.95. The van der Waals surface area contributed by atoms with Crippen LogP contribution in [0.4, 0.5) is 5.69 Å². The Morgan fingerprint density at radius 1 is 1.18 bits per heavy atom. The minimum atomic E-state index is -0.862. The minimum Gasteiger partial charge on any atom is -0.481 e. The first-order valence-corrected chi connectivity index (χ1v) is 7.07. The molecule has 0 aliphatic carbocycles. The molecule has 1 rings (SSSR count). The highest BCUT2D eigenvalue weighted by atomic mass is 16.4. The number of carboxylic acid groups (broad SMARTS) is 1. The van der Waals surface area contributed by atoms with Gasteiger partial charge in [0.05, 0.1) is 6.54 Å². The fraction of sp³-hybridized carbons (Fsp3) is 0.438. The lowest BCUT2D eigenvalue weighted by atomic mass is 9.96. The van der Waals surface area contributed by atoms with Crippen molar-refractivity contribution in [3.05, 3.63) is 29.8 Å². The number of anilines is 1. The second-order valence-electron chi connectivity index (χ2n) is 6.07. The van der Waals surface area contributed by atoms with E-state index >= 15 is 0 Å². The van der Waals surface area contributed by atoms with Gasteiger partial charge in [-0.25, -0.2) is 0 Å². The van der Waals surface area contributed by atoms with Crippen LogP contribution in [-0.2, 0) is 20.8 Å². The second-order valence-corrected chi connectivity index (χ2v) is 6.07. The summed E-state index contributed by atoms with van der Waals surface area (Å²) >= 11 is 0. The summed E-state index contributed by atoms with van der Waals surface area (Å²) in [4.78, 5) is 34.0. The first-order valence-electron chi connectivity index (χ1n) is 7.07. The van der Waals surface area contributed by atoms with E-state index < -0.39 is 11.4 Å². The Bertz CT molecular complexity index is 562. The van der Waals surface area contributed by atoms with Crippen LogP contribution < -0.4 is 10.6 Å². The SMILES string of the molecule is CC(C)(C)C(=O)NCC(=O)Nc1cccc(CCC(=O)O)c1. The topological polar surface area (TPSA) is 95.5 Å². The third-order valence-corrected chi connectivity index (χ3v) is 2.93. The standard InChI is InChI=1S/C16H22N2O4/c1-16(2,3)15(22)17-10-13(19)18-12-6-4-5-11(9-12)7-8-14(20)21/h4-6,9H,7-8,10H2,1-3H3,(H,17,22)(H,18,19)(H,20,21). The van der Waals surface area contributed by atoms with E-state index in [0.717, 1.165) is 5.56 Å². The molecule has 0 bridgehead atoms. The van der Waals surface area contributed by atoms with Crippen LogP contribution in [0.25, 0.3) is 0 Å². The van der Waals surface area contributed by atoms with E-state index in [9.17, 15) is 14.4 Å². The number of nitrogens with one attached hydrogen (secondary N) is 2. The van der Waals surface area contributed by atoms with E-state index in [1.807, 2.05) is 0 Å². The number of aliphatic carboxylic acids is 1. The summed E-state index contributed by atoms with van der Waals surface area (Å²) in [7, 11) is 0. The highest BCUT2D eigenvalue weighted by Gasteiger charge is 2.21. The monoisotopic (exact) mass is 306 g/mol. The molecular weight excluding hydrogens is 284 g/mol.